The topological polar surface area (TPSA) is 57.4 Å². The van der Waals surface area contributed by atoms with E-state index in [1.807, 2.05) is 0 Å². The maximum absolute atomic E-state index is 4.33. The normalized spacial score (nSPS) is 13.4. The number of nitrogens with one attached hydrogen (secondary N) is 2. The van der Waals surface area contributed by atoms with Gasteiger partial charge >= 0.3 is 0 Å². The van der Waals surface area contributed by atoms with E-state index in [4.69, 9.17) is 0 Å². The SMILES string of the molecule is CC(C)(C)c1cc(C(C)(C)C)[nH]n1.CC(C)(C)c1cc(C(C)(C)C)[nH]n1. The second-order valence-electron chi connectivity index (χ2n) is 11.3. The number of aromatic amines is 2. The quantitative estimate of drug-likeness (QED) is 0.604. The van der Waals surface area contributed by atoms with Crippen molar-refractivity contribution in [1.29, 1.82) is 0 Å². The van der Waals surface area contributed by atoms with E-state index in [1.54, 1.807) is 0 Å². The van der Waals surface area contributed by atoms with Gasteiger partial charge in [-0.3, -0.25) is 10.2 Å². The summed E-state index contributed by atoms with van der Waals surface area (Å²) in [5, 5.41) is 14.9. The molecule has 0 saturated heterocycles. The van der Waals surface area contributed by atoms with Crippen LogP contribution < -0.4 is 0 Å². The van der Waals surface area contributed by atoms with Gasteiger partial charge in [0.25, 0.3) is 0 Å². The number of aromatic nitrogens is 4. The third-order valence-electron chi connectivity index (χ3n) is 4.31. The lowest BCUT2D eigenvalue weighted by Gasteiger charge is -2.16. The van der Waals surface area contributed by atoms with Gasteiger partial charge in [-0.25, -0.2) is 0 Å². The Bertz CT molecular complexity index is 573. The summed E-state index contributed by atoms with van der Waals surface area (Å²) >= 11 is 0. The van der Waals surface area contributed by atoms with Gasteiger partial charge in [-0.2, -0.15) is 10.2 Å². The van der Waals surface area contributed by atoms with Crippen molar-refractivity contribution in [2.24, 2.45) is 0 Å². The first-order valence-electron chi connectivity index (χ1n) is 9.55. The Morgan fingerprint density at radius 1 is 0.500 bits per heavy atom. The fourth-order valence-electron chi connectivity index (χ4n) is 2.18. The molecule has 0 bridgehead atoms. The van der Waals surface area contributed by atoms with Crippen molar-refractivity contribution < 1.29 is 0 Å². The molecule has 0 saturated carbocycles. The third-order valence-corrected chi connectivity index (χ3v) is 4.31. The highest BCUT2D eigenvalue weighted by atomic mass is 15.1. The van der Waals surface area contributed by atoms with E-state index in [9.17, 15) is 0 Å². The largest absolute Gasteiger partial charge is 0.282 e. The van der Waals surface area contributed by atoms with Crippen molar-refractivity contribution in [2.45, 2.75) is 105 Å². The van der Waals surface area contributed by atoms with Gasteiger partial charge in [-0.15, -0.1) is 0 Å². The van der Waals surface area contributed by atoms with Gasteiger partial charge in [0.05, 0.1) is 11.4 Å². The van der Waals surface area contributed by atoms with Gasteiger partial charge in [-0.1, -0.05) is 83.1 Å². The first-order valence-corrected chi connectivity index (χ1v) is 9.55. The van der Waals surface area contributed by atoms with E-state index in [0.29, 0.717) is 0 Å². The molecule has 0 aromatic carbocycles. The van der Waals surface area contributed by atoms with Crippen LogP contribution in [-0.4, -0.2) is 20.4 Å². The summed E-state index contributed by atoms with van der Waals surface area (Å²) in [5.41, 5.74) is 5.29. The average molecular weight is 361 g/mol. The molecular formula is C22H40N4. The van der Waals surface area contributed by atoms with Gasteiger partial charge < -0.3 is 0 Å². The fourth-order valence-corrected chi connectivity index (χ4v) is 2.18. The number of hydrogen-bond acceptors (Lipinski definition) is 2. The van der Waals surface area contributed by atoms with Crippen LogP contribution in [0.1, 0.15) is 106 Å². The zero-order chi connectivity index (χ0) is 20.6. The summed E-state index contributed by atoms with van der Waals surface area (Å²) in [6, 6.07) is 4.33. The van der Waals surface area contributed by atoms with Crippen LogP contribution in [0.5, 0.6) is 0 Å². The molecule has 2 aromatic rings. The van der Waals surface area contributed by atoms with Crippen LogP contribution >= 0.6 is 0 Å². The molecule has 2 rings (SSSR count). The average Bonchev–Trinajstić information content (AvgIpc) is 3.06. The van der Waals surface area contributed by atoms with E-state index in [-0.39, 0.29) is 21.7 Å². The van der Waals surface area contributed by atoms with Gasteiger partial charge in [0.1, 0.15) is 0 Å². The standard InChI is InChI=1S/2C11H20N2/c2*1-10(2,3)8-7-9(13-12-8)11(4,5)6/h2*7H,1-6H3,(H,12,13). The first kappa shape index (κ1) is 22.5. The van der Waals surface area contributed by atoms with Crippen LogP contribution in [0.2, 0.25) is 0 Å². The third kappa shape index (κ3) is 6.30. The van der Waals surface area contributed by atoms with Crippen molar-refractivity contribution in [3.8, 4) is 0 Å². The predicted octanol–water partition coefficient (Wildman–Crippen LogP) is 6.01. The van der Waals surface area contributed by atoms with Crippen LogP contribution in [0, 0.1) is 0 Å². The molecule has 0 aliphatic heterocycles. The number of nitrogens with zero attached hydrogens (tertiary/aromatic N) is 2. The lowest BCUT2D eigenvalue weighted by Crippen LogP contribution is -2.12. The van der Waals surface area contributed by atoms with E-state index in [2.05, 4.69) is 116 Å². The molecule has 0 fully saturated rings. The first-order chi connectivity index (χ1) is 11.4. The van der Waals surface area contributed by atoms with E-state index >= 15 is 0 Å². The fraction of sp³-hybridized carbons (Fsp3) is 0.727. The maximum Gasteiger partial charge on any atom is 0.0678 e. The van der Waals surface area contributed by atoms with Crippen molar-refractivity contribution in [3.05, 3.63) is 34.9 Å². The van der Waals surface area contributed by atoms with Gasteiger partial charge in [0.15, 0.2) is 0 Å². The molecule has 2 N–H and O–H groups in total. The molecule has 0 amide bonds. The Hall–Kier alpha value is -1.58. The van der Waals surface area contributed by atoms with Crippen LogP contribution in [0.4, 0.5) is 0 Å². The molecule has 0 radical (unpaired) electrons. The zero-order valence-corrected chi connectivity index (χ0v) is 19.0. The minimum atomic E-state index is 0.139. The van der Waals surface area contributed by atoms with E-state index in [1.165, 1.54) is 11.4 Å². The zero-order valence-electron chi connectivity index (χ0n) is 19.0. The summed E-state index contributed by atoms with van der Waals surface area (Å²) in [4.78, 5) is 0. The molecule has 0 aliphatic carbocycles. The Labute approximate surface area is 160 Å². The summed E-state index contributed by atoms with van der Waals surface area (Å²) < 4.78 is 0. The molecule has 4 nitrogen and oxygen atoms in total. The summed E-state index contributed by atoms with van der Waals surface area (Å²) in [6.07, 6.45) is 0. The molecule has 4 heteroatoms. The maximum atomic E-state index is 4.33. The Kier molecular flexibility index (Phi) is 6.22. The lowest BCUT2D eigenvalue weighted by molar-refractivity contribution is 0.563. The summed E-state index contributed by atoms with van der Waals surface area (Å²) in [7, 11) is 0. The Balaban J connectivity index is 0.000000260. The minimum Gasteiger partial charge on any atom is -0.282 e. The Morgan fingerprint density at radius 3 is 0.885 bits per heavy atom. The van der Waals surface area contributed by atoms with Crippen LogP contribution in [0.25, 0.3) is 0 Å². The van der Waals surface area contributed by atoms with Crippen molar-refractivity contribution in [1.82, 2.24) is 20.4 Å². The van der Waals surface area contributed by atoms with Gasteiger partial charge in [0, 0.05) is 33.0 Å². The van der Waals surface area contributed by atoms with Gasteiger partial charge in [-0.05, 0) is 12.1 Å². The second kappa shape index (κ2) is 7.21. The predicted molar refractivity (Wildman–Crippen MR) is 112 cm³/mol. The van der Waals surface area contributed by atoms with Crippen molar-refractivity contribution >= 4 is 0 Å². The summed E-state index contributed by atoms with van der Waals surface area (Å²) in [5.74, 6) is 0. The van der Waals surface area contributed by atoms with Crippen LogP contribution in [-0.2, 0) is 21.7 Å². The molecule has 2 aromatic heterocycles. The molecule has 26 heavy (non-hydrogen) atoms. The Morgan fingerprint density at radius 2 is 0.769 bits per heavy atom. The molecule has 0 aliphatic rings. The van der Waals surface area contributed by atoms with E-state index < -0.39 is 0 Å². The highest BCUT2D eigenvalue weighted by molar-refractivity contribution is 5.21. The molecule has 148 valence electrons. The minimum absolute atomic E-state index is 0.139. The van der Waals surface area contributed by atoms with Crippen molar-refractivity contribution in [3.63, 3.8) is 0 Å². The highest BCUT2D eigenvalue weighted by Gasteiger charge is 2.23. The van der Waals surface area contributed by atoms with Gasteiger partial charge in [0.2, 0.25) is 0 Å². The number of rotatable bonds is 0. The van der Waals surface area contributed by atoms with E-state index in [0.717, 1.165) is 11.4 Å². The number of hydrogen-bond donors (Lipinski definition) is 2. The lowest BCUT2D eigenvalue weighted by atomic mass is 9.88. The summed E-state index contributed by atoms with van der Waals surface area (Å²) in [6.45, 7) is 26.2. The van der Waals surface area contributed by atoms with Crippen molar-refractivity contribution in [2.75, 3.05) is 0 Å². The molecule has 0 unspecified atom stereocenters. The molecule has 2 heterocycles. The smallest absolute Gasteiger partial charge is 0.0678 e. The molecule has 0 atom stereocenters. The second-order valence-corrected chi connectivity index (χ2v) is 11.3. The molecular weight excluding hydrogens is 320 g/mol. The molecule has 0 spiro atoms. The monoisotopic (exact) mass is 360 g/mol. The van der Waals surface area contributed by atoms with Crippen LogP contribution in [0.15, 0.2) is 12.1 Å². The number of H-pyrrole nitrogens is 2. The van der Waals surface area contributed by atoms with Crippen LogP contribution in [0.3, 0.4) is 0 Å². The highest BCUT2D eigenvalue weighted by Crippen LogP contribution is 2.27.